The Balaban J connectivity index is 2.06. The molecule has 0 N–H and O–H groups in total. The van der Waals surface area contributed by atoms with Crippen molar-refractivity contribution in [2.45, 2.75) is 4.90 Å². The van der Waals surface area contributed by atoms with Crippen LogP contribution in [0.1, 0.15) is 0 Å². The van der Waals surface area contributed by atoms with Crippen molar-refractivity contribution in [3.63, 3.8) is 0 Å². The molecule has 7 heteroatoms. The van der Waals surface area contributed by atoms with Gasteiger partial charge in [0.05, 0.1) is 5.52 Å². The van der Waals surface area contributed by atoms with Gasteiger partial charge >= 0.3 is 10.1 Å². The fourth-order valence-electron chi connectivity index (χ4n) is 1.93. The summed E-state index contributed by atoms with van der Waals surface area (Å²) in [5.41, 5.74) is 0.611. The summed E-state index contributed by atoms with van der Waals surface area (Å²) < 4.78 is 30.9. The third-order valence-electron chi connectivity index (χ3n) is 2.97. The van der Waals surface area contributed by atoms with Crippen LogP contribution in [0.25, 0.3) is 10.9 Å². The van der Waals surface area contributed by atoms with Gasteiger partial charge in [-0.3, -0.25) is 4.98 Å². The van der Waals surface area contributed by atoms with Gasteiger partial charge in [0.25, 0.3) is 0 Å². The summed E-state index contributed by atoms with van der Waals surface area (Å²) in [7, 11) is -3.91. The van der Waals surface area contributed by atoms with E-state index in [1.807, 2.05) is 0 Å². The maximum Gasteiger partial charge on any atom is 0.339 e. The second kappa shape index (κ2) is 6.02. The lowest BCUT2D eigenvalue weighted by atomic mass is 10.2. The fraction of sp³-hybridized carbons (Fsp3) is 0. The van der Waals surface area contributed by atoms with Crippen molar-refractivity contribution in [1.82, 2.24) is 4.98 Å². The SMILES string of the molecule is O=S(=O)(Oc1ccnc2ccc(Cl)cc12)c1ccc(I)cc1. The van der Waals surface area contributed by atoms with E-state index in [0.717, 1.165) is 3.57 Å². The third-order valence-corrected chi connectivity index (χ3v) is 5.17. The van der Waals surface area contributed by atoms with Gasteiger partial charge in [0.2, 0.25) is 0 Å². The second-order valence-corrected chi connectivity index (χ2v) is 7.69. The lowest BCUT2D eigenvalue weighted by Crippen LogP contribution is -2.10. The quantitative estimate of drug-likeness (QED) is 0.446. The van der Waals surface area contributed by atoms with Crippen LogP contribution in [0.3, 0.4) is 0 Å². The molecule has 1 heterocycles. The zero-order valence-electron chi connectivity index (χ0n) is 11.0. The maximum absolute atomic E-state index is 12.4. The molecule has 22 heavy (non-hydrogen) atoms. The molecule has 0 unspecified atom stereocenters. The van der Waals surface area contributed by atoms with Crippen molar-refractivity contribution < 1.29 is 12.6 Å². The minimum Gasteiger partial charge on any atom is -0.378 e. The summed E-state index contributed by atoms with van der Waals surface area (Å²) in [4.78, 5) is 4.26. The minimum absolute atomic E-state index is 0.0971. The molecule has 0 aliphatic rings. The number of benzene rings is 2. The largest absolute Gasteiger partial charge is 0.378 e. The highest BCUT2D eigenvalue weighted by Crippen LogP contribution is 2.29. The highest BCUT2D eigenvalue weighted by molar-refractivity contribution is 14.1. The van der Waals surface area contributed by atoms with Gasteiger partial charge in [0.15, 0.2) is 5.75 Å². The molecule has 0 spiro atoms. The minimum atomic E-state index is -3.91. The molecule has 112 valence electrons. The number of nitrogens with zero attached hydrogens (tertiary/aromatic N) is 1. The Morgan fingerprint density at radius 3 is 2.50 bits per heavy atom. The van der Waals surface area contributed by atoms with Crippen LogP contribution in [0.5, 0.6) is 5.75 Å². The summed E-state index contributed by atoms with van der Waals surface area (Å²) in [6.45, 7) is 0. The molecule has 0 bridgehead atoms. The number of aromatic nitrogens is 1. The third kappa shape index (κ3) is 3.18. The predicted molar refractivity (Wildman–Crippen MR) is 93.7 cm³/mol. The Morgan fingerprint density at radius 2 is 1.77 bits per heavy atom. The van der Waals surface area contributed by atoms with Crippen molar-refractivity contribution in [3.05, 3.63) is 63.3 Å². The molecule has 0 fully saturated rings. The van der Waals surface area contributed by atoms with E-state index >= 15 is 0 Å². The molecule has 0 amide bonds. The standard InChI is InChI=1S/C15H9ClINO3S/c16-10-1-6-14-13(9-10)15(7-8-18-14)21-22(19,20)12-4-2-11(17)3-5-12/h1-9H. The lowest BCUT2D eigenvalue weighted by Gasteiger charge is -2.09. The van der Waals surface area contributed by atoms with Gasteiger partial charge in [-0.05, 0) is 65.1 Å². The summed E-state index contributed by atoms with van der Waals surface area (Å²) >= 11 is 8.07. The van der Waals surface area contributed by atoms with E-state index < -0.39 is 10.1 Å². The van der Waals surface area contributed by atoms with Crippen LogP contribution in [-0.2, 0) is 10.1 Å². The molecule has 2 aromatic carbocycles. The van der Waals surface area contributed by atoms with E-state index in [-0.39, 0.29) is 10.6 Å². The number of rotatable bonds is 3. The average molecular weight is 446 g/mol. The van der Waals surface area contributed by atoms with Crippen molar-refractivity contribution in [3.8, 4) is 5.75 Å². The number of hydrogen-bond donors (Lipinski definition) is 0. The van der Waals surface area contributed by atoms with E-state index in [0.29, 0.717) is 15.9 Å². The van der Waals surface area contributed by atoms with E-state index in [4.69, 9.17) is 15.8 Å². The smallest absolute Gasteiger partial charge is 0.339 e. The van der Waals surface area contributed by atoms with E-state index in [9.17, 15) is 8.42 Å². The van der Waals surface area contributed by atoms with Gasteiger partial charge in [-0.2, -0.15) is 8.42 Å². The molecule has 0 saturated heterocycles. The van der Waals surface area contributed by atoms with Crippen LogP contribution in [0.4, 0.5) is 0 Å². The molecule has 0 aliphatic carbocycles. The Kier molecular flexibility index (Phi) is 4.24. The number of hydrogen-bond acceptors (Lipinski definition) is 4. The zero-order valence-corrected chi connectivity index (χ0v) is 14.8. The molecular formula is C15H9ClINO3S. The number of pyridine rings is 1. The fourth-order valence-corrected chi connectivity index (χ4v) is 3.41. The van der Waals surface area contributed by atoms with E-state index in [1.54, 1.807) is 30.3 Å². The Bertz CT molecular complexity index is 943. The summed E-state index contributed by atoms with van der Waals surface area (Å²) in [5.74, 6) is 0.200. The highest BCUT2D eigenvalue weighted by atomic mass is 127. The average Bonchev–Trinajstić information content (AvgIpc) is 2.48. The molecular weight excluding hydrogens is 437 g/mol. The molecule has 0 saturated carbocycles. The van der Waals surface area contributed by atoms with Crippen molar-refractivity contribution in [2.75, 3.05) is 0 Å². The van der Waals surface area contributed by atoms with Gasteiger partial charge in [-0.25, -0.2) is 0 Å². The van der Waals surface area contributed by atoms with Gasteiger partial charge in [0.1, 0.15) is 4.90 Å². The monoisotopic (exact) mass is 445 g/mol. The zero-order chi connectivity index (χ0) is 15.7. The number of halogens is 2. The molecule has 0 atom stereocenters. The van der Waals surface area contributed by atoms with Crippen LogP contribution >= 0.6 is 34.2 Å². The van der Waals surface area contributed by atoms with Crippen LogP contribution < -0.4 is 4.18 Å². The van der Waals surface area contributed by atoms with Crippen LogP contribution in [0, 0.1) is 3.57 Å². The van der Waals surface area contributed by atoms with Gasteiger partial charge < -0.3 is 4.18 Å². The normalized spacial score (nSPS) is 11.5. The molecule has 3 aromatic rings. The van der Waals surface area contributed by atoms with Crippen LogP contribution in [0.2, 0.25) is 5.02 Å². The Morgan fingerprint density at radius 1 is 1.05 bits per heavy atom. The first-order valence-electron chi connectivity index (χ1n) is 6.20. The first kappa shape index (κ1) is 15.5. The summed E-state index contributed by atoms with van der Waals surface area (Å²) in [6.07, 6.45) is 1.50. The van der Waals surface area contributed by atoms with Crippen molar-refractivity contribution in [2.24, 2.45) is 0 Å². The molecule has 3 rings (SSSR count). The molecule has 0 aliphatic heterocycles. The number of fused-ring (bicyclic) bond motifs is 1. The lowest BCUT2D eigenvalue weighted by molar-refractivity contribution is 0.488. The molecule has 0 radical (unpaired) electrons. The van der Waals surface area contributed by atoms with Crippen LogP contribution in [0.15, 0.2) is 59.6 Å². The summed E-state index contributed by atoms with van der Waals surface area (Å²) in [6, 6.07) is 13.0. The second-order valence-electron chi connectivity index (χ2n) is 4.46. The van der Waals surface area contributed by atoms with Gasteiger partial charge in [-0.15, -0.1) is 0 Å². The van der Waals surface area contributed by atoms with Gasteiger partial charge in [0, 0.05) is 26.2 Å². The van der Waals surface area contributed by atoms with Gasteiger partial charge in [-0.1, -0.05) is 11.6 Å². The van der Waals surface area contributed by atoms with Crippen molar-refractivity contribution in [1.29, 1.82) is 0 Å². The first-order valence-corrected chi connectivity index (χ1v) is 9.06. The molecule has 1 aromatic heterocycles. The van der Waals surface area contributed by atoms with Crippen molar-refractivity contribution >= 4 is 55.2 Å². The van der Waals surface area contributed by atoms with Crippen LogP contribution in [-0.4, -0.2) is 13.4 Å². The Labute approximate surface area is 146 Å². The highest BCUT2D eigenvalue weighted by Gasteiger charge is 2.18. The molecule has 4 nitrogen and oxygen atoms in total. The topological polar surface area (TPSA) is 56.3 Å². The summed E-state index contributed by atoms with van der Waals surface area (Å²) in [5, 5.41) is 1.03. The predicted octanol–water partition coefficient (Wildman–Crippen LogP) is 4.26. The van der Waals surface area contributed by atoms with E-state index in [1.165, 1.54) is 24.4 Å². The first-order chi connectivity index (χ1) is 10.5. The maximum atomic E-state index is 12.4. The van der Waals surface area contributed by atoms with E-state index in [2.05, 4.69) is 27.6 Å². The Hall–Kier alpha value is -1.38.